The molecule has 1 aliphatic carbocycles. The highest BCUT2D eigenvalue weighted by Gasteiger charge is 2.41. The van der Waals surface area contributed by atoms with Crippen LogP contribution in [0.3, 0.4) is 0 Å². The molecule has 0 amide bonds. The molecule has 1 unspecified atom stereocenters. The van der Waals surface area contributed by atoms with Crippen molar-refractivity contribution >= 4 is 34.9 Å². The molecule has 0 spiro atoms. The Bertz CT molecular complexity index is 1330. The number of ketones is 1. The summed E-state index contributed by atoms with van der Waals surface area (Å²) in [6.45, 7) is 6.91. The Hall–Kier alpha value is -3.03. The summed E-state index contributed by atoms with van der Waals surface area (Å²) in [5, 5.41) is 8.74. The number of hydrogen-bond donors (Lipinski definition) is 1. The molecule has 3 aromatic rings. The molecule has 0 saturated carbocycles. The van der Waals surface area contributed by atoms with Crippen LogP contribution in [0.25, 0.3) is 0 Å². The molecule has 0 radical (unpaired) electrons. The zero-order valence-corrected chi connectivity index (χ0v) is 21.3. The molecule has 9 heteroatoms. The van der Waals surface area contributed by atoms with Crippen LogP contribution in [-0.2, 0) is 11.4 Å². The van der Waals surface area contributed by atoms with Crippen molar-refractivity contribution in [1.82, 2.24) is 14.8 Å². The number of carbonyl (C=O) groups excluding carboxylic acids is 1. The van der Waals surface area contributed by atoms with Gasteiger partial charge in [0.15, 0.2) is 17.3 Å². The molecule has 182 valence electrons. The Morgan fingerprint density at radius 1 is 1.09 bits per heavy atom. The van der Waals surface area contributed by atoms with Crippen LogP contribution in [0.4, 0.5) is 5.95 Å². The quantitative estimate of drug-likeness (QED) is 0.422. The van der Waals surface area contributed by atoms with E-state index in [1.807, 2.05) is 31.2 Å². The number of carbonyl (C=O) groups is 1. The number of nitrogens with one attached hydrogen (secondary N) is 1. The molecule has 1 N–H and O–H groups in total. The molecule has 0 fully saturated rings. The SMILES string of the molecule is CCOc1cc(C2C3=C(CC(C)(C)CC3=O)Nc3ncnn32)ccc1OCc1ccc(Cl)c(Cl)c1. The Labute approximate surface area is 214 Å². The Kier molecular flexibility index (Phi) is 6.23. The van der Waals surface area contributed by atoms with Gasteiger partial charge in [-0.15, -0.1) is 0 Å². The minimum Gasteiger partial charge on any atom is -0.490 e. The van der Waals surface area contributed by atoms with Gasteiger partial charge in [0.1, 0.15) is 19.0 Å². The van der Waals surface area contributed by atoms with Crippen LogP contribution in [0.1, 0.15) is 50.8 Å². The van der Waals surface area contributed by atoms with Gasteiger partial charge in [-0.3, -0.25) is 4.79 Å². The topological polar surface area (TPSA) is 78.3 Å². The second kappa shape index (κ2) is 9.21. The van der Waals surface area contributed by atoms with Crippen molar-refractivity contribution in [2.45, 2.75) is 46.3 Å². The fourth-order valence-corrected chi connectivity index (χ4v) is 5.05. The van der Waals surface area contributed by atoms with Crippen molar-refractivity contribution < 1.29 is 14.3 Å². The average molecular weight is 513 g/mol. The Balaban J connectivity index is 1.50. The number of rotatable bonds is 6. The van der Waals surface area contributed by atoms with Gasteiger partial charge in [0, 0.05) is 17.7 Å². The van der Waals surface area contributed by atoms with Gasteiger partial charge in [-0.2, -0.15) is 10.1 Å². The van der Waals surface area contributed by atoms with Crippen molar-refractivity contribution in [1.29, 1.82) is 0 Å². The summed E-state index contributed by atoms with van der Waals surface area (Å²) in [6.07, 6.45) is 2.75. The maximum absolute atomic E-state index is 13.3. The predicted molar refractivity (Wildman–Crippen MR) is 135 cm³/mol. The normalized spacial score (nSPS) is 18.5. The third kappa shape index (κ3) is 4.62. The standard InChI is InChI=1S/C26H26Cl2N4O3/c1-4-34-22-10-16(6-8-21(22)35-13-15-5-7-17(27)18(28)9-15)24-23-19(11-26(2,3)12-20(23)33)31-25-29-14-30-32(24)25/h5-10,14,24H,4,11-13H2,1-3H3,(H,29,30,31). The smallest absolute Gasteiger partial charge is 0.226 e. The van der Waals surface area contributed by atoms with Crippen molar-refractivity contribution in [3.8, 4) is 11.5 Å². The largest absolute Gasteiger partial charge is 0.490 e. The Morgan fingerprint density at radius 3 is 2.69 bits per heavy atom. The highest BCUT2D eigenvalue weighted by molar-refractivity contribution is 6.42. The molecule has 5 rings (SSSR count). The summed E-state index contributed by atoms with van der Waals surface area (Å²) in [7, 11) is 0. The highest BCUT2D eigenvalue weighted by atomic mass is 35.5. The van der Waals surface area contributed by atoms with Crippen LogP contribution < -0.4 is 14.8 Å². The number of benzene rings is 2. The molecule has 1 atom stereocenters. The molecule has 2 aliphatic rings. The number of Topliss-reactive ketones (excluding diaryl/α,β-unsaturated/α-hetero) is 1. The lowest BCUT2D eigenvalue weighted by Crippen LogP contribution is -2.36. The van der Waals surface area contributed by atoms with Gasteiger partial charge >= 0.3 is 0 Å². The number of halogens is 2. The minimum absolute atomic E-state index is 0.117. The van der Waals surface area contributed by atoms with Crippen LogP contribution in [0, 0.1) is 5.41 Å². The molecule has 35 heavy (non-hydrogen) atoms. The molecule has 1 aliphatic heterocycles. The van der Waals surface area contributed by atoms with Gasteiger partial charge in [0.05, 0.1) is 16.7 Å². The second-order valence-corrected chi connectivity index (χ2v) is 10.4. The van der Waals surface area contributed by atoms with Crippen molar-refractivity contribution in [2.75, 3.05) is 11.9 Å². The minimum atomic E-state index is -0.393. The zero-order chi connectivity index (χ0) is 24.7. The monoisotopic (exact) mass is 512 g/mol. The first-order chi connectivity index (χ1) is 16.8. The van der Waals surface area contributed by atoms with Crippen molar-refractivity contribution in [3.63, 3.8) is 0 Å². The third-order valence-corrected chi connectivity index (χ3v) is 6.97. The van der Waals surface area contributed by atoms with Gasteiger partial charge in [-0.1, -0.05) is 49.2 Å². The van der Waals surface area contributed by atoms with Gasteiger partial charge in [-0.25, -0.2) is 4.68 Å². The predicted octanol–water partition coefficient (Wildman–Crippen LogP) is 6.22. The number of allylic oxidation sites excluding steroid dienone is 2. The first-order valence-corrected chi connectivity index (χ1v) is 12.3. The lowest BCUT2D eigenvalue weighted by Gasteiger charge is -2.38. The van der Waals surface area contributed by atoms with Crippen LogP contribution in [0.15, 0.2) is 54.0 Å². The molecule has 2 aromatic carbocycles. The number of fused-ring (bicyclic) bond motifs is 1. The molecule has 1 aromatic heterocycles. The number of anilines is 1. The van der Waals surface area contributed by atoms with E-state index in [-0.39, 0.29) is 11.2 Å². The van der Waals surface area contributed by atoms with E-state index in [1.54, 1.807) is 16.8 Å². The molecular weight excluding hydrogens is 487 g/mol. The first kappa shape index (κ1) is 23.7. The fourth-order valence-electron chi connectivity index (χ4n) is 4.73. The van der Waals surface area contributed by atoms with Crippen LogP contribution in [0.2, 0.25) is 10.0 Å². The van der Waals surface area contributed by atoms with E-state index in [2.05, 4.69) is 29.2 Å². The summed E-state index contributed by atoms with van der Waals surface area (Å²) in [4.78, 5) is 17.7. The second-order valence-electron chi connectivity index (χ2n) is 9.57. The summed E-state index contributed by atoms with van der Waals surface area (Å²) < 4.78 is 13.8. The van der Waals surface area contributed by atoms with E-state index in [4.69, 9.17) is 32.7 Å². The molecule has 0 bridgehead atoms. The third-order valence-electron chi connectivity index (χ3n) is 6.24. The van der Waals surface area contributed by atoms with E-state index in [0.29, 0.717) is 47.1 Å². The van der Waals surface area contributed by atoms with E-state index >= 15 is 0 Å². The van der Waals surface area contributed by atoms with Crippen LogP contribution in [-0.4, -0.2) is 27.2 Å². The van der Waals surface area contributed by atoms with Gasteiger partial charge in [0.25, 0.3) is 0 Å². The van der Waals surface area contributed by atoms with Crippen molar-refractivity contribution in [3.05, 3.63) is 75.2 Å². The Morgan fingerprint density at radius 2 is 1.91 bits per heavy atom. The summed E-state index contributed by atoms with van der Waals surface area (Å²) in [5.41, 5.74) is 3.30. The molecule has 2 heterocycles. The number of hydrogen-bond acceptors (Lipinski definition) is 6. The summed E-state index contributed by atoms with van der Waals surface area (Å²) >= 11 is 12.2. The van der Waals surface area contributed by atoms with Crippen molar-refractivity contribution in [2.24, 2.45) is 5.41 Å². The maximum atomic E-state index is 13.3. The first-order valence-electron chi connectivity index (χ1n) is 11.5. The highest BCUT2D eigenvalue weighted by Crippen LogP contribution is 2.46. The number of aromatic nitrogens is 3. The lowest BCUT2D eigenvalue weighted by atomic mass is 9.73. The average Bonchev–Trinajstić information content (AvgIpc) is 3.26. The van der Waals surface area contributed by atoms with Crippen LogP contribution in [0.5, 0.6) is 11.5 Å². The van der Waals surface area contributed by atoms with Crippen LogP contribution >= 0.6 is 23.2 Å². The zero-order valence-electron chi connectivity index (χ0n) is 19.8. The maximum Gasteiger partial charge on any atom is 0.226 e. The number of nitrogens with zero attached hydrogens (tertiary/aromatic N) is 3. The molecule has 0 saturated heterocycles. The molecular formula is C26H26Cl2N4O3. The van der Waals surface area contributed by atoms with E-state index in [9.17, 15) is 4.79 Å². The lowest BCUT2D eigenvalue weighted by molar-refractivity contribution is -0.118. The molecule has 7 nitrogen and oxygen atoms in total. The van der Waals surface area contributed by atoms with Gasteiger partial charge < -0.3 is 14.8 Å². The number of ether oxygens (including phenoxy) is 2. The fraction of sp³-hybridized carbons (Fsp3) is 0.346. The summed E-state index contributed by atoms with van der Waals surface area (Å²) in [5.74, 6) is 1.93. The van der Waals surface area contributed by atoms with Gasteiger partial charge in [0.2, 0.25) is 5.95 Å². The van der Waals surface area contributed by atoms with E-state index in [1.165, 1.54) is 6.33 Å². The van der Waals surface area contributed by atoms with E-state index < -0.39 is 6.04 Å². The van der Waals surface area contributed by atoms with Gasteiger partial charge in [-0.05, 0) is 54.2 Å². The van der Waals surface area contributed by atoms with E-state index in [0.717, 1.165) is 28.8 Å². The summed E-state index contributed by atoms with van der Waals surface area (Å²) in [6, 6.07) is 10.7.